The third-order valence-electron chi connectivity index (χ3n) is 7.70. The summed E-state index contributed by atoms with van der Waals surface area (Å²) in [6.07, 6.45) is 1.56. The van der Waals surface area contributed by atoms with Crippen molar-refractivity contribution in [2.45, 2.75) is 78.6 Å². The number of hydrogen-bond acceptors (Lipinski definition) is 8. The first-order valence-corrected chi connectivity index (χ1v) is 13.3. The summed E-state index contributed by atoms with van der Waals surface area (Å²) >= 11 is 0. The Morgan fingerprint density at radius 2 is 1.59 bits per heavy atom. The van der Waals surface area contributed by atoms with Crippen LogP contribution in [0, 0.1) is 23.2 Å². The Morgan fingerprint density at radius 3 is 2.18 bits per heavy atom. The van der Waals surface area contributed by atoms with E-state index in [0.717, 1.165) is 0 Å². The first-order chi connectivity index (χ1) is 18.2. The van der Waals surface area contributed by atoms with Crippen molar-refractivity contribution >= 4 is 29.5 Å². The zero-order chi connectivity index (χ0) is 29.1. The molecule has 0 bridgehead atoms. The highest BCUT2D eigenvalue weighted by Gasteiger charge is 2.64. The Hall–Kier alpha value is -3.55. The normalized spacial score (nSPS) is 31.7. The fraction of sp³-hybridized carbons (Fsp3) is 0.516. The smallest absolute Gasteiger partial charge is 0.338 e. The predicted molar refractivity (Wildman–Crippen MR) is 143 cm³/mol. The third-order valence-corrected chi connectivity index (χ3v) is 7.70. The summed E-state index contributed by atoms with van der Waals surface area (Å²) in [6.45, 7) is 13.6. The minimum atomic E-state index is -1.77. The maximum atomic E-state index is 14.3. The van der Waals surface area contributed by atoms with Gasteiger partial charge in [-0.1, -0.05) is 50.8 Å². The van der Waals surface area contributed by atoms with E-state index in [1.807, 2.05) is 0 Å². The quantitative estimate of drug-likeness (QED) is 0.305. The van der Waals surface area contributed by atoms with Gasteiger partial charge < -0.3 is 14.2 Å². The minimum Gasteiger partial charge on any atom is -0.458 e. The lowest BCUT2D eigenvalue weighted by Crippen LogP contribution is -2.56. The van der Waals surface area contributed by atoms with Crippen LogP contribution in [-0.4, -0.2) is 47.3 Å². The van der Waals surface area contributed by atoms with E-state index in [0.29, 0.717) is 11.1 Å². The molecule has 0 amide bonds. The number of carbonyl (C=O) groups is 5. The van der Waals surface area contributed by atoms with Crippen molar-refractivity contribution in [2.75, 3.05) is 0 Å². The van der Waals surface area contributed by atoms with Gasteiger partial charge >= 0.3 is 17.9 Å². The van der Waals surface area contributed by atoms with Gasteiger partial charge in [-0.25, -0.2) is 4.79 Å². The van der Waals surface area contributed by atoms with Gasteiger partial charge in [0, 0.05) is 38.0 Å². The standard InChI is InChI=1S/C31H38O8/c1-18-13-14-24(34)30(6,7)16-15-19(2)28(35)31(39-22(5)33)17-20(3)27(25(31)26(18)37-21(4)32)38-29(36)23-11-9-8-10-12-23/h8-12,15-16,19-20,25-27H,1,13-14,17H2,2-7H3/b16-15+/t19-,20-,25-,26-,27-,31+/m0/s1. The fourth-order valence-electron chi connectivity index (χ4n) is 5.68. The average molecular weight is 539 g/mol. The molecule has 1 saturated carbocycles. The Morgan fingerprint density at radius 1 is 0.949 bits per heavy atom. The second-order valence-electron chi connectivity index (χ2n) is 11.3. The molecule has 2 aliphatic carbocycles. The van der Waals surface area contributed by atoms with E-state index in [1.54, 1.807) is 70.2 Å². The van der Waals surface area contributed by atoms with Gasteiger partial charge in [-0.15, -0.1) is 0 Å². The number of carbonyl (C=O) groups excluding carboxylic acids is 5. The van der Waals surface area contributed by atoms with Crippen LogP contribution < -0.4 is 0 Å². The van der Waals surface area contributed by atoms with Crippen molar-refractivity contribution in [1.29, 1.82) is 0 Å². The van der Waals surface area contributed by atoms with Crippen LogP contribution >= 0.6 is 0 Å². The van der Waals surface area contributed by atoms with Gasteiger partial charge in [-0.2, -0.15) is 0 Å². The van der Waals surface area contributed by atoms with Gasteiger partial charge in [0.15, 0.2) is 11.4 Å². The van der Waals surface area contributed by atoms with Crippen LogP contribution in [0.3, 0.4) is 0 Å². The molecule has 0 unspecified atom stereocenters. The first-order valence-electron chi connectivity index (χ1n) is 13.3. The SMILES string of the molecule is C=C1CCC(=O)C(C)(C)/C=C/[C@H](C)C(=O)[C@@]2(OC(C)=O)C[C@H](C)[C@H](OC(=O)c3ccccc3)[C@@H]2[C@H]1OC(C)=O. The summed E-state index contributed by atoms with van der Waals surface area (Å²) in [4.78, 5) is 65.4. The monoisotopic (exact) mass is 538 g/mol. The molecule has 2 aliphatic rings. The number of Topliss-reactive ketones (excluding diaryl/α,β-unsaturated/α-hetero) is 2. The molecule has 8 nitrogen and oxygen atoms in total. The molecule has 0 radical (unpaired) electrons. The molecule has 39 heavy (non-hydrogen) atoms. The highest BCUT2D eigenvalue weighted by atomic mass is 16.6. The molecule has 0 aliphatic heterocycles. The van der Waals surface area contributed by atoms with Crippen LogP contribution in [0.1, 0.15) is 71.2 Å². The zero-order valence-corrected chi connectivity index (χ0v) is 23.5. The summed E-state index contributed by atoms with van der Waals surface area (Å²) in [5.74, 6) is -4.76. The fourth-order valence-corrected chi connectivity index (χ4v) is 5.68. The van der Waals surface area contributed by atoms with Gasteiger partial charge in [0.2, 0.25) is 0 Å². The van der Waals surface area contributed by atoms with E-state index in [-0.39, 0.29) is 25.0 Å². The number of hydrogen-bond donors (Lipinski definition) is 0. The number of fused-ring (bicyclic) bond motifs is 1. The Labute approximate surface area is 229 Å². The van der Waals surface area contributed by atoms with Crippen molar-refractivity contribution in [3.05, 3.63) is 60.2 Å². The highest BCUT2D eigenvalue weighted by molar-refractivity contribution is 5.94. The van der Waals surface area contributed by atoms with E-state index < -0.39 is 64.7 Å². The van der Waals surface area contributed by atoms with Crippen LogP contribution in [0.5, 0.6) is 0 Å². The van der Waals surface area contributed by atoms with E-state index >= 15 is 0 Å². The van der Waals surface area contributed by atoms with Crippen LogP contribution in [0.15, 0.2) is 54.6 Å². The van der Waals surface area contributed by atoms with Crippen LogP contribution in [-0.2, 0) is 33.4 Å². The largest absolute Gasteiger partial charge is 0.458 e. The van der Waals surface area contributed by atoms with Crippen molar-refractivity contribution in [3.63, 3.8) is 0 Å². The topological polar surface area (TPSA) is 113 Å². The molecule has 0 heterocycles. The van der Waals surface area contributed by atoms with E-state index in [9.17, 15) is 24.0 Å². The molecule has 0 spiro atoms. The van der Waals surface area contributed by atoms with E-state index in [1.165, 1.54) is 13.8 Å². The molecule has 0 saturated heterocycles. The molecule has 3 rings (SSSR count). The first kappa shape index (κ1) is 30.0. The second-order valence-corrected chi connectivity index (χ2v) is 11.3. The van der Waals surface area contributed by atoms with Crippen molar-refractivity contribution in [2.24, 2.45) is 23.2 Å². The molecule has 1 aromatic carbocycles. The van der Waals surface area contributed by atoms with Gasteiger partial charge in [-0.3, -0.25) is 19.2 Å². The lowest BCUT2D eigenvalue weighted by molar-refractivity contribution is -0.182. The van der Waals surface area contributed by atoms with Gasteiger partial charge in [0.1, 0.15) is 18.0 Å². The number of ketones is 2. The average Bonchev–Trinajstić information content (AvgIpc) is 3.13. The molecule has 210 valence electrons. The highest BCUT2D eigenvalue weighted by Crippen LogP contribution is 2.50. The number of benzene rings is 1. The summed E-state index contributed by atoms with van der Waals surface area (Å²) < 4.78 is 17.7. The summed E-state index contributed by atoms with van der Waals surface area (Å²) in [5.41, 5.74) is -1.94. The lowest BCUT2D eigenvalue weighted by Gasteiger charge is -2.40. The molecule has 0 N–H and O–H groups in total. The number of allylic oxidation sites excluding steroid dienone is 2. The lowest BCUT2D eigenvalue weighted by atomic mass is 9.73. The van der Waals surface area contributed by atoms with Crippen molar-refractivity contribution in [1.82, 2.24) is 0 Å². The number of esters is 3. The molecule has 6 atom stereocenters. The zero-order valence-electron chi connectivity index (χ0n) is 23.5. The molecule has 0 aromatic heterocycles. The third kappa shape index (κ3) is 6.37. The molecule has 8 heteroatoms. The summed E-state index contributed by atoms with van der Waals surface area (Å²) in [7, 11) is 0. The number of ether oxygens (including phenoxy) is 3. The Bertz CT molecular complexity index is 1180. The Balaban J connectivity index is 2.23. The maximum absolute atomic E-state index is 14.3. The van der Waals surface area contributed by atoms with E-state index in [4.69, 9.17) is 14.2 Å². The van der Waals surface area contributed by atoms with E-state index in [2.05, 4.69) is 6.58 Å². The number of rotatable bonds is 4. The van der Waals surface area contributed by atoms with Gasteiger partial charge in [0.05, 0.1) is 11.5 Å². The van der Waals surface area contributed by atoms with Crippen LogP contribution in [0.25, 0.3) is 0 Å². The Kier molecular flexibility index (Phi) is 8.98. The van der Waals surface area contributed by atoms with Crippen molar-refractivity contribution < 1.29 is 38.2 Å². The maximum Gasteiger partial charge on any atom is 0.338 e. The van der Waals surface area contributed by atoms with Gasteiger partial charge in [-0.05, 0) is 43.9 Å². The van der Waals surface area contributed by atoms with Crippen molar-refractivity contribution in [3.8, 4) is 0 Å². The predicted octanol–water partition coefficient (Wildman–Crippen LogP) is 4.81. The summed E-state index contributed by atoms with van der Waals surface area (Å²) in [6, 6.07) is 8.39. The molecular formula is C31H38O8. The summed E-state index contributed by atoms with van der Waals surface area (Å²) in [5, 5.41) is 0. The minimum absolute atomic E-state index is 0.0500. The molecular weight excluding hydrogens is 500 g/mol. The van der Waals surface area contributed by atoms with Crippen LogP contribution in [0.2, 0.25) is 0 Å². The van der Waals surface area contributed by atoms with Gasteiger partial charge in [0.25, 0.3) is 0 Å². The molecule has 1 aromatic rings. The molecule has 1 fully saturated rings. The van der Waals surface area contributed by atoms with Crippen LogP contribution in [0.4, 0.5) is 0 Å². The second kappa shape index (κ2) is 11.7.